The zero-order valence-corrected chi connectivity index (χ0v) is 14.7. The van der Waals surface area contributed by atoms with E-state index in [1.54, 1.807) is 0 Å². The van der Waals surface area contributed by atoms with Crippen LogP contribution in [0, 0.1) is 19.8 Å². The molecule has 1 aromatic carbocycles. The Labute approximate surface area is 135 Å². The number of rotatable bonds is 9. The second-order valence-electron chi connectivity index (χ2n) is 6.19. The second kappa shape index (κ2) is 9.50. The van der Waals surface area contributed by atoms with Gasteiger partial charge in [-0.3, -0.25) is 4.79 Å². The van der Waals surface area contributed by atoms with Crippen LogP contribution in [0.25, 0.3) is 0 Å². The van der Waals surface area contributed by atoms with Crippen molar-refractivity contribution in [3.63, 3.8) is 0 Å². The summed E-state index contributed by atoms with van der Waals surface area (Å²) in [7, 11) is 0. The van der Waals surface area contributed by atoms with Crippen LogP contribution in [0.1, 0.15) is 57.6 Å². The first kappa shape index (κ1) is 18.5. The van der Waals surface area contributed by atoms with Gasteiger partial charge in [-0.15, -0.1) is 0 Å². The van der Waals surface area contributed by atoms with Gasteiger partial charge in [-0.05, 0) is 50.3 Å². The highest BCUT2D eigenvalue weighted by molar-refractivity contribution is 5.80. The third-order valence-corrected chi connectivity index (χ3v) is 4.12. The largest absolute Gasteiger partial charge is 0.481 e. The Balaban J connectivity index is 2.49. The SMILES string of the molecule is CCCCC(CC)CNC(=O)C(C)Oc1cc(C)ccc1C. The first-order valence-electron chi connectivity index (χ1n) is 8.49. The quantitative estimate of drug-likeness (QED) is 0.734. The minimum absolute atomic E-state index is 0.0316. The Morgan fingerprint density at radius 1 is 1.27 bits per heavy atom. The predicted molar refractivity (Wildman–Crippen MR) is 92.3 cm³/mol. The van der Waals surface area contributed by atoms with Crippen molar-refractivity contribution in [2.75, 3.05) is 6.54 Å². The number of unbranched alkanes of at least 4 members (excludes halogenated alkanes) is 1. The lowest BCUT2D eigenvalue weighted by molar-refractivity contribution is -0.127. The average Bonchev–Trinajstić information content (AvgIpc) is 2.50. The van der Waals surface area contributed by atoms with E-state index in [4.69, 9.17) is 4.74 Å². The Hall–Kier alpha value is -1.51. The molecule has 22 heavy (non-hydrogen) atoms. The molecule has 0 spiro atoms. The Morgan fingerprint density at radius 3 is 2.64 bits per heavy atom. The molecule has 0 radical (unpaired) electrons. The molecule has 0 aliphatic heterocycles. The molecule has 0 saturated carbocycles. The monoisotopic (exact) mass is 305 g/mol. The topological polar surface area (TPSA) is 38.3 Å². The lowest BCUT2D eigenvalue weighted by Gasteiger charge is -2.19. The van der Waals surface area contributed by atoms with Gasteiger partial charge in [0.25, 0.3) is 5.91 Å². The molecule has 0 aliphatic rings. The zero-order chi connectivity index (χ0) is 16.5. The molecule has 124 valence electrons. The van der Waals surface area contributed by atoms with Crippen molar-refractivity contribution < 1.29 is 9.53 Å². The first-order chi connectivity index (χ1) is 10.5. The van der Waals surface area contributed by atoms with Gasteiger partial charge < -0.3 is 10.1 Å². The summed E-state index contributed by atoms with van der Waals surface area (Å²) >= 11 is 0. The zero-order valence-electron chi connectivity index (χ0n) is 14.7. The maximum absolute atomic E-state index is 12.2. The fourth-order valence-electron chi connectivity index (χ4n) is 2.41. The standard InChI is InChI=1S/C19H31NO2/c1-6-8-9-17(7-2)13-20-19(21)16(5)22-18-12-14(3)10-11-15(18)4/h10-12,16-17H,6-9,13H2,1-5H3,(H,20,21). The lowest BCUT2D eigenvalue weighted by atomic mass is 9.99. The van der Waals surface area contributed by atoms with E-state index in [2.05, 4.69) is 19.2 Å². The van der Waals surface area contributed by atoms with Gasteiger partial charge in [0, 0.05) is 6.54 Å². The van der Waals surface area contributed by atoms with Crippen molar-refractivity contribution in [2.45, 2.75) is 66.4 Å². The van der Waals surface area contributed by atoms with Gasteiger partial charge in [-0.2, -0.15) is 0 Å². The first-order valence-corrected chi connectivity index (χ1v) is 8.49. The highest BCUT2D eigenvalue weighted by Gasteiger charge is 2.17. The number of aryl methyl sites for hydroxylation is 2. The van der Waals surface area contributed by atoms with Crippen LogP contribution < -0.4 is 10.1 Å². The van der Waals surface area contributed by atoms with E-state index >= 15 is 0 Å². The molecule has 0 heterocycles. The van der Waals surface area contributed by atoms with E-state index in [1.165, 1.54) is 19.3 Å². The van der Waals surface area contributed by atoms with Crippen molar-refractivity contribution in [1.82, 2.24) is 5.32 Å². The van der Waals surface area contributed by atoms with Crippen LogP contribution in [-0.4, -0.2) is 18.6 Å². The molecule has 1 aromatic rings. The van der Waals surface area contributed by atoms with Crippen LogP contribution in [-0.2, 0) is 4.79 Å². The number of benzene rings is 1. The maximum Gasteiger partial charge on any atom is 0.260 e. The molecule has 1 rings (SSSR count). The number of hydrogen-bond donors (Lipinski definition) is 1. The smallest absolute Gasteiger partial charge is 0.260 e. The molecular weight excluding hydrogens is 274 g/mol. The van der Waals surface area contributed by atoms with Crippen LogP contribution in [0.2, 0.25) is 0 Å². The predicted octanol–water partition coefficient (Wildman–Crippen LogP) is 4.40. The minimum Gasteiger partial charge on any atom is -0.481 e. The van der Waals surface area contributed by atoms with Crippen molar-refractivity contribution >= 4 is 5.91 Å². The molecule has 0 fully saturated rings. The molecule has 1 amide bonds. The molecule has 2 atom stereocenters. The third kappa shape index (κ3) is 6.08. The van der Waals surface area contributed by atoms with E-state index in [0.717, 1.165) is 29.8 Å². The van der Waals surface area contributed by atoms with Crippen molar-refractivity contribution in [2.24, 2.45) is 5.92 Å². The summed E-state index contributed by atoms with van der Waals surface area (Å²) in [6.07, 6.45) is 4.25. The molecule has 0 saturated heterocycles. The second-order valence-corrected chi connectivity index (χ2v) is 6.19. The van der Waals surface area contributed by atoms with Crippen LogP contribution >= 0.6 is 0 Å². The van der Waals surface area contributed by atoms with Crippen LogP contribution in [0.3, 0.4) is 0 Å². The molecule has 0 bridgehead atoms. The number of carbonyl (C=O) groups is 1. The van der Waals surface area contributed by atoms with Gasteiger partial charge in [0.1, 0.15) is 5.75 Å². The number of ether oxygens (including phenoxy) is 1. The average molecular weight is 305 g/mol. The summed E-state index contributed by atoms with van der Waals surface area (Å²) in [5.41, 5.74) is 2.19. The molecule has 3 nitrogen and oxygen atoms in total. The third-order valence-electron chi connectivity index (χ3n) is 4.12. The number of hydrogen-bond acceptors (Lipinski definition) is 2. The van der Waals surface area contributed by atoms with E-state index < -0.39 is 6.10 Å². The summed E-state index contributed by atoms with van der Waals surface area (Å²) < 4.78 is 5.82. The summed E-state index contributed by atoms with van der Waals surface area (Å²) in [6.45, 7) is 11.0. The summed E-state index contributed by atoms with van der Waals surface area (Å²) in [4.78, 5) is 12.2. The molecular formula is C19H31NO2. The molecule has 2 unspecified atom stereocenters. The summed E-state index contributed by atoms with van der Waals surface area (Å²) in [5.74, 6) is 1.33. The van der Waals surface area contributed by atoms with Gasteiger partial charge in [0.15, 0.2) is 6.10 Å². The number of nitrogens with one attached hydrogen (secondary N) is 1. The van der Waals surface area contributed by atoms with Gasteiger partial charge >= 0.3 is 0 Å². The van der Waals surface area contributed by atoms with E-state index in [-0.39, 0.29) is 5.91 Å². The van der Waals surface area contributed by atoms with Crippen molar-refractivity contribution in [3.8, 4) is 5.75 Å². The van der Waals surface area contributed by atoms with Gasteiger partial charge in [0.05, 0.1) is 0 Å². The van der Waals surface area contributed by atoms with E-state index in [9.17, 15) is 4.79 Å². The van der Waals surface area contributed by atoms with Crippen molar-refractivity contribution in [1.29, 1.82) is 0 Å². The molecule has 0 aromatic heterocycles. The summed E-state index contributed by atoms with van der Waals surface area (Å²) in [5, 5.41) is 3.03. The Kier molecular flexibility index (Phi) is 8.00. The Bertz CT molecular complexity index is 471. The molecule has 1 N–H and O–H groups in total. The van der Waals surface area contributed by atoms with Crippen molar-refractivity contribution in [3.05, 3.63) is 29.3 Å². The summed E-state index contributed by atoms with van der Waals surface area (Å²) in [6, 6.07) is 6.05. The van der Waals surface area contributed by atoms with Gasteiger partial charge in [-0.1, -0.05) is 45.2 Å². The highest BCUT2D eigenvalue weighted by atomic mass is 16.5. The number of carbonyl (C=O) groups excluding carboxylic acids is 1. The van der Waals surface area contributed by atoms with E-state index in [1.807, 2.05) is 39.0 Å². The highest BCUT2D eigenvalue weighted by Crippen LogP contribution is 2.20. The fraction of sp³-hybridized carbons (Fsp3) is 0.632. The fourth-order valence-corrected chi connectivity index (χ4v) is 2.41. The van der Waals surface area contributed by atoms with Crippen LogP contribution in [0.15, 0.2) is 18.2 Å². The van der Waals surface area contributed by atoms with Crippen LogP contribution in [0.4, 0.5) is 0 Å². The van der Waals surface area contributed by atoms with Crippen LogP contribution in [0.5, 0.6) is 5.75 Å². The molecule has 3 heteroatoms. The minimum atomic E-state index is -0.468. The number of amides is 1. The molecule has 0 aliphatic carbocycles. The van der Waals surface area contributed by atoms with E-state index in [0.29, 0.717) is 5.92 Å². The maximum atomic E-state index is 12.2. The lowest BCUT2D eigenvalue weighted by Crippen LogP contribution is -2.39. The normalized spacial score (nSPS) is 13.5. The van der Waals surface area contributed by atoms with Gasteiger partial charge in [0.2, 0.25) is 0 Å². The van der Waals surface area contributed by atoms with Gasteiger partial charge in [-0.25, -0.2) is 0 Å². The Morgan fingerprint density at radius 2 is 2.00 bits per heavy atom.